The highest BCUT2D eigenvalue weighted by atomic mass is 19.1. The quantitative estimate of drug-likeness (QED) is 0.239. The third kappa shape index (κ3) is 6.19. The molecule has 0 aromatic heterocycles. The number of carbonyl (C=O) groups excluding carboxylic acids is 3. The van der Waals surface area contributed by atoms with Crippen LogP contribution in [0, 0.1) is 5.82 Å². The van der Waals surface area contributed by atoms with Gasteiger partial charge < -0.3 is 9.47 Å². The second-order valence-corrected chi connectivity index (χ2v) is 8.71. The number of nitrogens with zero attached hydrogens (tertiary/aromatic N) is 1. The van der Waals surface area contributed by atoms with Crippen molar-refractivity contribution in [3.8, 4) is 11.5 Å². The molecule has 1 N–H and O–H groups in total. The molecule has 1 aliphatic heterocycles. The standard InChI is InChI=1S/C31H23FN2O5/c32-24-10-6-23(7-11-24)20-39-26-14-8-21(9-15-26)18-28-29(35)33-31(37)34(30(28)36)25-12-16-27(17-13-25)38-19-22-4-2-1-3-5-22/h1-18H,19-20H2,(H,33,35,37)/b28-18+. The van der Waals surface area contributed by atoms with Crippen molar-refractivity contribution in [2.75, 3.05) is 4.90 Å². The number of nitrogens with one attached hydrogen (secondary N) is 1. The molecular weight excluding hydrogens is 499 g/mol. The van der Waals surface area contributed by atoms with E-state index in [1.807, 2.05) is 30.3 Å². The lowest BCUT2D eigenvalue weighted by atomic mass is 10.1. The van der Waals surface area contributed by atoms with Crippen molar-refractivity contribution in [1.29, 1.82) is 0 Å². The molecule has 7 nitrogen and oxygen atoms in total. The molecule has 39 heavy (non-hydrogen) atoms. The molecule has 0 saturated carbocycles. The highest BCUT2D eigenvalue weighted by Gasteiger charge is 2.36. The fraction of sp³-hybridized carbons (Fsp3) is 0.0645. The van der Waals surface area contributed by atoms with E-state index in [0.29, 0.717) is 29.4 Å². The Balaban J connectivity index is 1.26. The van der Waals surface area contributed by atoms with Crippen LogP contribution in [0.1, 0.15) is 16.7 Å². The van der Waals surface area contributed by atoms with Crippen molar-refractivity contribution in [1.82, 2.24) is 5.32 Å². The largest absolute Gasteiger partial charge is 0.489 e. The van der Waals surface area contributed by atoms with Crippen LogP contribution in [0.5, 0.6) is 11.5 Å². The summed E-state index contributed by atoms with van der Waals surface area (Å²) in [6.45, 7) is 0.634. The number of imide groups is 2. The van der Waals surface area contributed by atoms with Crippen molar-refractivity contribution in [3.63, 3.8) is 0 Å². The van der Waals surface area contributed by atoms with Gasteiger partial charge in [0, 0.05) is 0 Å². The van der Waals surface area contributed by atoms with Crippen molar-refractivity contribution < 1.29 is 28.2 Å². The van der Waals surface area contributed by atoms with Gasteiger partial charge in [-0.3, -0.25) is 14.9 Å². The molecule has 0 unspecified atom stereocenters. The second-order valence-electron chi connectivity index (χ2n) is 8.71. The normalized spacial score (nSPS) is 14.3. The van der Waals surface area contributed by atoms with Gasteiger partial charge in [-0.05, 0) is 71.3 Å². The van der Waals surface area contributed by atoms with E-state index in [2.05, 4.69) is 5.32 Å². The zero-order valence-electron chi connectivity index (χ0n) is 20.7. The summed E-state index contributed by atoms with van der Waals surface area (Å²) < 4.78 is 24.5. The lowest BCUT2D eigenvalue weighted by molar-refractivity contribution is -0.122. The molecule has 4 aromatic carbocycles. The Morgan fingerprint density at radius 2 is 1.26 bits per heavy atom. The number of hydrogen-bond donors (Lipinski definition) is 1. The van der Waals surface area contributed by atoms with E-state index >= 15 is 0 Å². The Hall–Kier alpha value is -5.24. The number of hydrogen-bond acceptors (Lipinski definition) is 5. The van der Waals surface area contributed by atoms with Crippen molar-refractivity contribution in [3.05, 3.63) is 131 Å². The van der Waals surface area contributed by atoms with E-state index in [1.165, 1.54) is 18.2 Å². The van der Waals surface area contributed by atoms with Crippen LogP contribution in [0.3, 0.4) is 0 Å². The molecule has 0 aliphatic carbocycles. The maximum Gasteiger partial charge on any atom is 0.335 e. The predicted molar refractivity (Wildman–Crippen MR) is 143 cm³/mol. The van der Waals surface area contributed by atoms with E-state index < -0.39 is 17.8 Å². The molecule has 0 atom stereocenters. The summed E-state index contributed by atoms with van der Waals surface area (Å²) in [5, 5.41) is 2.22. The van der Waals surface area contributed by atoms with Crippen LogP contribution in [0.15, 0.2) is 109 Å². The molecule has 1 fully saturated rings. The first kappa shape index (κ1) is 25.4. The van der Waals surface area contributed by atoms with Crippen LogP contribution in [-0.4, -0.2) is 17.8 Å². The SMILES string of the molecule is O=C1NC(=O)N(c2ccc(OCc3ccccc3)cc2)C(=O)/C1=C/c1ccc(OCc2ccc(F)cc2)cc1. The molecule has 194 valence electrons. The molecule has 4 amide bonds. The monoisotopic (exact) mass is 522 g/mol. The number of amides is 4. The third-order valence-electron chi connectivity index (χ3n) is 5.95. The highest BCUT2D eigenvalue weighted by Crippen LogP contribution is 2.25. The number of rotatable bonds is 8. The fourth-order valence-electron chi connectivity index (χ4n) is 3.90. The lowest BCUT2D eigenvalue weighted by Crippen LogP contribution is -2.54. The summed E-state index contributed by atoms with van der Waals surface area (Å²) >= 11 is 0. The van der Waals surface area contributed by atoms with Crippen LogP contribution in [0.4, 0.5) is 14.9 Å². The molecule has 8 heteroatoms. The minimum Gasteiger partial charge on any atom is -0.489 e. The zero-order chi connectivity index (χ0) is 27.2. The molecule has 0 bridgehead atoms. The summed E-state index contributed by atoms with van der Waals surface area (Å²) in [4.78, 5) is 39.1. The molecule has 4 aromatic rings. The minimum absolute atomic E-state index is 0.181. The smallest absolute Gasteiger partial charge is 0.335 e. The van der Waals surface area contributed by atoms with Crippen LogP contribution in [0.2, 0.25) is 0 Å². The lowest BCUT2D eigenvalue weighted by Gasteiger charge is -2.26. The Kier molecular flexibility index (Phi) is 7.45. The Labute approximate surface area is 224 Å². The molecule has 0 radical (unpaired) electrons. The van der Waals surface area contributed by atoms with Crippen molar-refractivity contribution >= 4 is 29.6 Å². The first-order chi connectivity index (χ1) is 19.0. The highest BCUT2D eigenvalue weighted by molar-refractivity contribution is 6.39. The van der Waals surface area contributed by atoms with Crippen LogP contribution < -0.4 is 19.7 Å². The van der Waals surface area contributed by atoms with E-state index in [0.717, 1.165) is 16.0 Å². The summed E-state index contributed by atoms with van der Waals surface area (Å²) in [5.74, 6) is -0.699. The summed E-state index contributed by atoms with van der Waals surface area (Å²) in [6, 6.07) is 28.1. The number of barbiturate groups is 1. The molecule has 1 heterocycles. The van der Waals surface area contributed by atoms with Crippen LogP contribution in [-0.2, 0) is 22.8 Å². The topological polar surface area (TPSA) is 84.9 Å². The first-order valence-electron chi connectivity index (χ1n) is 12.1. The van der Waals surface area contributed by atoms with Gasteiger partial charge in [0.25, 0.3) is 11.8 Å². The summed E-state index contributed by atoms with van der Waals surface area (Å²) in [6.07, 6.45) is 1.41. The Bertz CT molecular complexity index is 1520. The maximum atomic E-state index is 13.2. The first-order valence-corrected chi connectivity index (χ1v) is 12.1. The van der Waals surface area contributed by atoms with Gasteiger partial charge in [-0.15, -0.1) is 0 Å². The van der Waals surface area contributed by atoms with Crippen LogP contribution >= 0.6 is 0 Å². The number of benzene rings is 4. The summed E-state index contributed by atoms with van der Waals surface area (Å²) in [7, 11) is 0. The van der Waals surface area contributed by atoms with Gasteiger partial charge in [-0.1, -0.05) is 54.6 Å². The van der Waals surface area contributed by atoms with Gasteiger partial charge in [0.1, 0.15) is 36.1 Å². The van der Waals surface area contributed by atoms with Gasteiger partial charge in [-0.25, -0.2) is 14.1 Å². The summed E-state index contributed by atoms with van der Waals surface area (Å²) in [5.41, 5.74) is 2.51. The van der Waals surface area contributed by atoms with E-state index in [1.54, 1.807) is 60.7 Å². The van der Waals surface area contributed by atoms with Gasteiger partial charge in [-0.2, -0.15) is 0 Å². The fourth-order valence-corrected chi connectivity index (χ4v) is 3.90. The van der Waals surface area contributed by atoms with E-state index in [9.17, 15) is 18.8 Å². The van der Waals surface area contributed by atoms with Gasteiger partial charge >= 0.3 is 6.03 Å². The second kappa shape index (κ2) is 11.4. The number of urea groups is 1. The zero-order valence-corrected chi connectivity index (χ0v) is 20.7. The third-order valence-corrected chi connectivity index (χ3v) is 5.95. The van der Waals surface area contributed by atoms with E-state index in [-0.39, 0.29) is 18.0 Å². The molecule has 1 saturated heterocycles. The predicted octanol–water partition coefficient (Wildman–Crippen LogP) is 5.65. The number of carbonyl (C=O) groups is 3. The number of halogens is 1. The van der Waals surface area contributed by atoms with E-state index in [4.69, 9.17) is 9.47 Å². The van der Waals surface area contributed by atoms with Gasteiger partial charge in [0.2, 0.25) is 0 Å². The molecule has 5 rings (SSSR count). The Morgan fingerprint density at radius 1 is 0.692 bits per heavy atom. The molecule has 0 spiro atoms. The average molecular weight is 523 g/mol. The van der Waals surface area contributed by atoms with Gasteiger partial charge in [0.05, 0.1) is 5.69 Å². The number of anilines is 1. The minimum atomic E-state index is -0.829. The average Bonchev–Trinajstić information content (AvgIpc) is 2.95. The van der Waals surface area contributed by atoms with Crippen molar-refractivity contribution in [2.24, 2.45) is 0 Å². The molecular formula is C31H23FN2O5. The number of ether oxygens (including phenoxy) is 2. The maximum absolute atomic E-state index is 13.2. The van der Waals surface area contributed by atoms with Gasteiger partial charge in [0.15, 0.2) is 0 Å². The molecule has 1 aliphatic rings. The Morgan fingerprint density at radius 3 is 1.87 bits per heavy atom. The van der Waals surface area contributed by atoms with Crippen LogP contribution in [0.25, 0.3) is 6.08 Å². The van der Waals surface area contributed by atoms with Crippen molar-refractivity contribution in [2.45, 2.75) is 13.2 Å².